The van der Waals surface area contributed by atoms with Crippen molar-refractivity contribution in [3.8, 4) is 0 Å². The number of hydrogen-bond acceptors (Lipinski definition) is 3. The molecule has 0 atom stereocenters. The summed E-state index contributed by atoms with van der Waals surface area (Å²) < 4.78 is 0. The molecule has 1 fully saturated rings. The number of hydrogen-bond donors (Lipinski definition) is 0. The fourth-order valence-corrected chi connectivity index (χ4v) is 3.61. The molecule has 1 aliphatic rings. The first-order chi connectivity index (χ1) is 12.3. The summed E-state index contributed by atoms with van der Waals surface area (Å²) in [6.07, 6.45) is 8.32. The van der Waals surface area contributed by atoms with Crippen LogP contribution in [0.3, 0.4) is 0 Å². The zero-order valence-corrected chi connectivity index (χ0v) is 14.1. The van der Waals surface area contributed by atoms with E-state index >= 15 is 0 Å². The second-order valence-electron chi connectivity index (χ2n) is 6.69. The quantitative estimate of drug-likeness (QED) is 0.735. The molecule has 0 N–H and O–H groups in total. The van der Waals surface area contributed by atoms with Gasteiger partial charge in [0.15, 0.2) is 0 Å². The lowest BCUT2D eigenvalue weighted by Gasteiger charge is -2.32. The molecule has 1 aromatic carbocycles. The van der Waals surface area contributed by atoms with Crippen LogP contribution in [0.25, 0.3) is 10.9 Å². The van der Waals surface area contributed by atoms with Crippen LogP contribution < -0.4 is 0 Å². The summed E-state index contributed by atoms with van der Waals surface area (Å²) in [5, 5.41) is 0.910. The largest absolute Gasteiger partial charge is 0.339 e. The number of amides is 1. The zero-order chi connectivity index (χ0) is 17.1. The Bertz CT molecular complexity index is 865. The fourth-order valence-electron chi connectivity index (χ4n) is 3.61. The van der Waals surface area contributed by atoms with E-state index in [2.05, 4.69) is 40.3 Å². The molecule has 0 radical (unpaired) electrons. The van der Waals surface area contributed by atoms with Crippen molar-refractivity contribution >= 4 is 16.8 Å². The molecule has 126 valence electrons. The van der Waals surface area contributed by atoms with Crippen LogP contribution in [0, 0.1) is 5.92 Å². The van der Waals surface area contributed by atoms with Crippen molar-refractivity contribution in [3.05, 3.63) is 72.2 Å². The molecule has 4 heteroatoms. The molecule has 0 aliphatic carbocycles. The van der Waals surface area contributed by atoms with Crippen molar-refractivity contribution in [2.75, 3.05) is 13.1 Å². The number of aromatic nitrogens is 2. The molecule has 0 saturated carbocycles. The van der Waals surface area contributed by atoms with Crippen molar-refractivity contribution in [1.82, 2.24) is 14.9 Å². The maximum atomic E-state index is 12.9. The molecule has 4 nitrogen and oxygen atoms in total. The monoisotopic (exact) mass is 331 g/mol. The van der Waals surface area contributed by atoms with Gasteiger partial charge in [-0.05, 0) is 42.9 Å². The lowest BCUT2D eigenvalue weighted by molar-refractivity contribution is 0.0692. The summed E-state index contributed by atoms with van der Waals surface area (Å²) in [6.45, 7) is 1.61. The van der Waals surface area contributed by atoms with Crippen molar-refractivity contribution in [3.63, 3.8) is 0 Å². The molecule has 3 aromatic rings. The number of likely N-dealkylation sites (tertiary alicyclic amines) is 1. The highest BCUT2D eigenvalue weighted by molar-refractivity contribution is 6.04. The third kappa shape index (κ3) is 3.38. The first-order valence-corrected chi connectivity index (χ1v) is 8.83. The SMILES string of the molecule is O=C(c1cncc2cccnc12)N1CCC(Cc2ccccc2)CC1. The molecule has 2 aromatic heterocycles. The van der Waals surface area contributed by atoms with E-state index in [0.29, 0.717) is 11.5 Å². The first-order valence-electron chi connectivity index (χ1n) is 8.83. The van der Waals surface area contributed by atoms with Crippen LogP contribution in [0.1, 0.15) is 28.8 Å². The maximum Gasteiger partial charge on any atom is 0.257 e. The lowest BCUT2D eigenvalue weighted by Crippen LogP contribution is -2.39. The molecular weight excluding hydrogens is 310 g/mol. The Morgan fingerprint density at radius 3 is 2.64 bits per heavy atom. The molecule has 4 rings (SSSR count). The Labute approximate surface area is 147 Å². The Morgan fingerprint density at radius 2 is 1.84 bits per heavy atom. The minimum Gasteiger partial charge on any atom is -0.339 e. The van der Waals surface area contributed by atoms with E-state index < -0.39 is 0 Å². The number of fused-ring (bicyclic) bond motifs is 1. The smallest absolute Gasteiger partial charge is 0.257 e. The molecule has 1 amide bonds. The second-order valence-corrected chi connectivity index (χ2v) is 6.69. The first kappa shape index (κ1) is 15.8. The van der Waals surface area contributed by atoms with Gasteiger partial charge in [-0.2, -0.15) is 0 Å². The van der Waals surface area contributed by atoms with Gasteiger partial charge in [0.1, 0.15) is 0 Å². The van der Waals surface area contributed by atoms with Crippen LogP contribution in [0.15, 0.2) is 61.1 Å². The minimum absolute atomic E-state index is 0.0509. The summed E-state index contributed by atoms with van der Waals surface area (Å²) in [7, 11) is 0. The van der Waals surface area contributed by atoms with Gasteiger partial charge in [0.05, 0.1) is 11.1 Å². The van der Waals surface area contributed by atoms with Crippen molar-refractivity contribution in [1.29, 1.82) is 0 Å². The van der Waals surface area contributed by atoms with Gasteiger partial charge < -0.3 is 4.90 Å². The number of benzene rings is 1. The highest BCUT2D eigenvalue weighted by Crippen LogP contribution is 2.24. The number of piperidine rings is 1. The van der Waals surface area contributed by atoms with Gasteiger partial charge in [0.2, 0.25) is 0 Å². The lowest BCUT2D eigenvalue weighted by atomic mass is 9.90. The van der Waals surface area contributed by atoms with E-state index in [1.807, 2.05) is 17.0 Å². The van der Waals surface area contributed by atoms with Gasteiger partial charge in [-0.15, -0.1) is 0 Å². The summed E-state index contributed by atoms with van der Waals surface area (Å²) in [4.78, 5) is 23.5. The molecule has 1 aliphatic heterocycles. The van der Waals surface area contributed by atoms with E-state index in [-0.39, 0.29) is 5.91 Å². The van der Waals surface area contributed by atoms with Crippen LogP contribution in [0.2, 0.25) is 0 Å². The number of carbonyl (C=O) groups is 1. The average Bonchev–Trinajstić information content (AvgIpc) is 2.68. The van der Waals surface area contributed by atoms with E-state index in [1.165, 1.54) is 5.56 Å². The highest BCUT2D eigenvalue weighted by Gasteiger charge is 2.25. The Kier molecular flexibility index (Phi) is 4.42. The molecule has 0 spiro atoms. The van der Waals surface area contributed by atoms with Gasteiger partial charge >= 0.3 is 0 Å². The average molecular weight is 331 g/mol. The minimum atomic E-state index is 0.0509. The van der Waals surface area contributed by atoms with Crippen LogP contribution in [0.4, 0.5) is 0 Å². The third-order valence-corrected chi connectivity index (χ3v) is 5.01. The molecule has 0 unspecified atom stereocenters. The summed E-state index contributed by atoms with van der Waals surface area (Å²) in [5.41, 5.74) is 2.74. The molecule has 3 heterocycles. The van der Waals surface area contributed by atoms with Gasteiger partial charge in [-0.25, -0.2) is 0 Å². The standard InChI is InChI=1S/C21H21N3O/c25-21(19-15-22-14-18-7-4-10-23-20(18)19)24-11-8-17(9-12-24)13-16-5-2-1-3-6-16/h1-7,10,14-15,17H,8-9,11-13H2. The van der Waals surface area contributed by atoms with Crippen LogP contribution >= 0.6 is 0 Å². The van der Waals surface area contributed by atoms with E-state index in [4.69, 9.17) is 0 Å². The highest BCUT2D eigenvalue weighted by atomic mass is 16.2. The van der Waals surface area contributed by atoms with Crippen LogP contribution in [0.5, 0.6) is 0 Å². The Balaban J connectivity index is 1.44. The summed E-state index contributed by atoms with van der Waals surface area (Å²) in [5.74, 6) is 0.699. The van der Waals surface area contributed by atoms with Gasteiger partial charge in [-0.1, -0.05) is 30.3 Å². The molecule has 1 saturated heterocycles. The van der Waals surface area contributed by atoms with Crippen LogP contribution in [-0.2, 0) is 6.42 Å². The van der Waals surface area contributed by atoms with E-state index in [1.54, 1.807) is 18.6 Å². The van der Waals surface area contributed by atoms with E-state index in [0.717, 1.165) is 43.3 Å². The van der Waals surface area contributed by atoms with Crippen molar-refractivity contribution < 1.29 is 4.79 Å². The summed E-state index contributed by atoms with van der Waals surface area (Å²) in [6, 6.07) is 14.4. The molecule has 25 heavy (non-hydrogen) atoms. The fraction of sp³-hybridized carbons (Fsp3) is 0.286. The number of nitrogens with zero attached hydrogens (tertiary/aromatic N) is 3. The number of carbonyl (C=O) groups excluding carboxylic acids is 1. The number of pyridine rings is 2. The second kappa shape index (κ2) is 7.01. The predicted molar refractivity (Wildman–Crippen MR) is 98.3 cm³/mol. The number of rotatable bonds is 3. The van der Waals surface area contributed by atoms with Gasteiger partial charge in [0.25, 0.3) is 5.91 Å². The predicted octanol–water partition coefficient (Wildman–Crippen LogP) is 3.72. The zero-order valence-electron chi connectivity index (χ0n) is 14.1. The van der Waals surface area contributed by atoms with Crippen LogP contribution in [-0.4, -0.2) is 33.9 Å². The maximum absolute atomic E-state index is 12.9. The molecule has 0 bridgehead atoms. The summed E-state index contributed by atoms with van der Waals surface area (Å²) >= 11 is 0. The Morgan fingerprint density at radius 1 is 1.04 bits per heavy atom. The van der Waals surface area contributed by atoms with Crippen molar-refractivity contribution in [2.45, 2.75) is 19.3 Å². The topological polar surface area (TPSA) is 46.1 Å². The van der Waals surface area contributed by atoms with E-state index in [9.17, 15) is 4.79 Å². The third-order valence-electron chi connectivity index (χ3n) is 5.01. The Hall–Kier alpha value is -2.75. The van der Waals surface area contributed by atoms with Gasteiger partial charge in [0, 0.05) is 37.1 Å². The van der Waals surface area contributed by atoms with Crippen molar-refractivity contribution in [2.24, 2.45) is 5.92 Å². The normalized spacial score (nSPS) is 15.4. The van der Waals surface area contributed by atoms with Gasteiger partial charge in [-0.3, -0.25) is 14.8 Å². The molecular formula is C21H21N3O.